The maximum absolute atomic E-state index is 13.3. The van der Waals surface area contributed by atoms with Crippen LogP contribution in [0, 0.1) is 16.5 Å². The Kier molecular flexibility index (Phi) is 8.42. The fraction of sp³-hybridized carbons (Fsp3) is 0.478. The molecule has 2 aromatic rings. The number of piperazine rings is 1. The van der Waals surface area contributed by atoms with Crippen molar-refractivity contribution in [3.05, 3.63) is 76.2 Å². The Balaban J connectivity index is 1.51. The minimum Gasteiger partial charge on any atom is -0.367 e. The van der Waals surface area contributed by atoms with E-state index in [0.717, 1.165) is 56.8 Å². The quantitative estimate of drug-likeness (QED) is 0.543. The van der Waals surface area contributed by atoms with Gasteiger partial charge in [0.2, 0.25) is 0 Å². The number of ether oxygens (including phenoxy) is 1. The minimum atomic E-state index is -0.371. The van der Waals surface area contributed by atoms with Gasteiger partial charge in [0.25, 0.3) is 0 Å². The van der Waals surface area contributed by atoms with E-state index in [-0.39, 0.29) is 23.8 Å². The Morgan fingerprint density at radius 3 is 1.80 bits per heavy atom. The highest BCUT2D eigenvalue weighted by atomic mass is 19.1. The van der Waals surface area contributed by atoms with E-state index in [1.165, 1.54) is 24.3 Å². The fourth-order valence-electron chi connectivity index (χ4n) is 3.62. The van der Waals surface area contributed by atoms with E-state index in [1.54, 1.807) is 24.3 Å². The lowest BCUT2D eigenvalue weighted by molar-refractivity contribution is 0.0449. The zero-order valence-corrected chi connectivity index (χ0v) is 17.3. The third kappa shape index (κ3) is 6.65. The van der Waals surface area contributed by atoms with Crippen LogP contribution in [0.15, 0.2) is 53.7 Å². The number of rotatable bonds is 10. The smallest absolute Gasteiger partial charge is 0.123 e. The molecule has 30 heavy (non-hydrogen) atoms. The Morgan fingerprint density at radius 1 is 0.867 bits per heavy atom. The van der Waals surface area contributed by atoms with Gasteiger partial charge in [-0.2, -0.15) is 4.91 Å². The van der Waals surface area contributed by atoms with Crippen molar-refractivity contribution < 1.29 is 13.5 Å². The lowest BCUT2D eigenvalue weighted by Crippen LogP contribution is -2.47. The first-order chi connectivity index (χ1) is 14.5. The van der Waals surface area contributed by atoms with Crippen molar-refractivity contribution in [3.8, 4) is 0 Å². The third-order valence-electron chi connectivity index (χ3n) is 5.55. The summed E-state index contributed by atoms with van der Waals surface area (Å²) in [7, 11) is 0. The summed E-state index contributed by atoms with van der Waals surface area (Å²) in [6.45, 7) is 7.88. The van der Waals surface area contributed by atoms with Crippen molar-refractivity contribution in [1.82, 2.24) is 9.80 Å². The van der Waals surface area contributed by atoms with Crippen LogP contribution in [-0.2, 0) is 4.74 Å². The Morgan fingerprint density at radius 2 is 1.33 bits per heavy atom. The van der Waals surface area contributed by atoms with Crippen molar-refractivity contribution in [2.24, 2.45) is 5.18 Å². The molecule has 1 aliphatic heterocycles. The predicted molar refractivity (Wildman–Crippen MR) is 113 cm³/mol. The summed E-state index contributed by atoms with van der Waals surface area (Å²) < 4.78 is 32.8. The number of hydrogen-bond acceptors (Lipinski definition) is 5. The topological polar surface area (TPSA) is 45.1 Å². The summed E-state index contributed by atoms with van der Waals surface area (Å²) in [4.78, 5) is 15.2. The van der Waals surface area contributed by atoms with Crippen molar-refractivity contribution in [1.29, 1.82) is 0 Å². The number of benzene rings is 2. The zero-order chi connectivity index (χ0) is 21.3. The Labute approximate surface area is 176 Å². The zero-order valence-electron chi connectivity index (χ0n) is 17.3. The second-order valence-corrected chi connectivity index (χ2v) is 7.78. The molecule has 0 amide bonds. The van der Waals surface area contributed by atoms with Gasteiger partial charge in [-0.1, -0.05) is 29.4 Å². The first-order valence-electron chi connectivity index (χ1n) is 10.4. The molecule has 3 rings (SSSR count). The van der Waals surface area contributed by atoms with E-state index in [9.17, 15) is 13.7 Å². The molecule has 1 heterocycles. The predicted octanol–water partition coefficient (Wildman–Crippen LogP) is 4.23. The van der Waals surface area contributed by atoms with Gasteiger partial charge >= 0.3 is 0 Å². The highest BCUT2D eigenvalue weighted by molar-refractivity contribution is 5.30. The maximum atomic E-state index is 13.3. The van der Waals surface area contributed by atoms with Crippen LogP contribution in [0.5, 0.6) is 0 Å². The second-order valence-electron chi connectivity index (χ2n) is 7.78. The van der Waals surface area contributed by atoms with Crippen LogP contribution in [0.2, 0.25) is 0 Å². The second kappa shape index (κ2) is 11.2. The van der Waals surface area contributed by atoms with Crippen LogP contribution in [0.1, 0.15) is 30.6 Å². The van der Waals surface area contributed by atoms with Gasteiger partial charge in [-0.3, -0.25) is 4.90 Å². The van der Waals surface area contributed by atoms with Gasteiger partial charge in [0.15, 0.2) is 0 Å². The first-order valence-corrected chi connectivity index (χ1v) is 10.4. The van der Waals surface area contributed by atoms with Gasteiger partial charge in [0.05, 0.1) is 12.6 Å². The van der Waals surface area contributed by atoms with Crippen molar-refractivity contribution in [2.45, 2.75) is 25.5 Å². The van der Waals surface area contributed by atoms with E-state index in [0.29, 0.717) is 6.61 Å². The van der Waals surface area contributed by atoms with Crippen molar-refractivity contribution in [3.63, 3.8) is 0 Å². The van der Waals surface area contributed by atoms with Crippen molar-refractivity contribution >= 4 is 0 Å². The molecule has 0 radical (unpaired) electrons. The molecule has 7 heteroatoms. The lowest BCUT2D eigenvalue weighted by atomic mass is 10.0. The third-order valence-corrected chi connectivity index (χ3v) is 5.55. The lowest BCUT2D eigenvalue weighted by Gasteiger charge is -2.35. The molecule has 162 valence electrons. The van der Waals surface area contributed by atoms with Crippen molar-refractivity contribution in [2.75, 3.05) is 45.9 Å². The molecule has 1 unspecified atom stereocenters. The molecule has 1 fully saturated rings. The monoisotopic (exact) mass is 417 g/mol. The van der Waals surface area contributed by atoms with Crippen LogP contribution < -0.4 is 0 Å². The number of halogens is 2. The van der Waals surface area contributed by atoms with Crippen LogP contribution in [0.3, 0.4) is 0 Å². The molecule has 1 atom stereocenters. The van der Waals surface area contributed by atoms with E-state index in [4.69, 9.17) is 4.74 Å². The van der Waals surface area contributed by atoms with Gasteiger partial charge in [0, 0.05) is 39.3 Å². The number of hydrogen-bond donors (Lipinski definition) is 0. The molecular weight excluding hydrogens is 388 g/mol. The Hall–Kier alpha value is -2.22. The van der Waals surface area contributed by atoms with Crippen LogP contribution in [-0.4, -0.2) is 61.7 Å². The number of nitrogens with zero attached hydrogens (tertiary/aromatic N) is 3. The molecule has 1 aliphatic rings. The molecule has 0 aromatic heterocycles. The molecule has 0 aliphatic carbocycles. The van der Waals surface area contributed by atoms with Crippen LogP contribution in [0.25, 0.3) is 0 Å². The normalized spacial score (nSPS) is 16.7. The highest BCUT2D eigenvalue weighted by Gasteiger charge is 2.19. The summed E-state index contributed by atoms with van der Waals surface area (Å²) >= 11 is 0. The summed E-state index contributed by atoms with van der Waals surface area (Å²) in [5, 5.41) is 3.06. The van der Waals surface area contributed by atoms with E-state index in [1.807, 2.05) is 6.92 Å². The SMILES string of the molecule is CC(CCN1CCN(CCOC(c2ccc(F)cc2)c2ccc(F)cc2)CC1)N=O. The molecule has 0 saturated carbocycles. The minimum absolute atomic E-state index is 0.133. The summed E-state index contributed by atoms with van der Waals surface area (Å²) in [5.74, 6) is -0.597. The van der Waals surface area contributed by atoms with E-state index >= 15 is 0 Å². The molecule has 0 N–H and O–H groups in total. The molecular formula is C23H29F2N3O2. The van der Waals surface area contributed by atoms with Gasteiger partial charge in [-0.25, -0.2) is 8.78 Å². The van der Waals surface area contributed by atoms with E-state index < -0.39 is 0 Å². The van der Waals surface area contributed by atoms with Crippen LogP contribution >= 0.6 is 0 Å². The largest absolute Gasteiger partial charge is 0.367 e. The standard InChI is InChI=1S/C23H29F2N3O2/c1-18(26-29)10-11-27-12-14-28(15-13-27)16-17-30-23(19-2-6-21(24)7-3-19)20-4-8-22(25)9-5-20/h2-9,18,23H,10-17H2,1H3. The van der Waals surface area contributed by atoms with Crippen LogP contribution in [0.4, 0.5) is 8.78 Å². The molecule has 0 bridgehead atoms. The first kappa shape index (κ1) is 22.5. The molecule has 0 spiro atoms. The highest BCUT2D eigenvalue weighted by Crippen LogP contribution is 2.26. The summed E-state index contributed by atoms with van der Waals surface area (Å²) in [6.07, 6.45) is 0.425. The van der Waals surface area contributed by atoms with Gasteiger partial charge in [-0.15, -0.1) is 0 Å². The van der Waals surface area contributed by atoms with Gasteiger partial charge in [-0.05, 0) is 48.7 Å². The van der Waals surface area contributed by atoms with E-state index in [2.05, 4.69) is 15.0 Å². The molecule has 2 aromatic carbocycles. The average molecular weight is 418 g/mol. The average Bonchev–Trinajstić information content (AvgIpc) is 2.77. The number of nitroso groups, excluding NO2 is 1. The van der Waals surface area contributed by atoms with Gasteiger partial charge in [0.1, 0.15) is 17.7 Å². The summed E-state index contributed by atoms with van der Waals surface area (Å²) in [6, 6.07) is 12.3. The van der Waals surface area contributed by atoms with Gasteiger partial charge < -0.3 is 9.64 Å². The molecule has 5 nitrogen and oxygen atoms in total. The summed E-state index contributed by atoms with van der Waals surface area (Å²) in [5.41, 5.74) is 1.68. The maximum Gasteiger partial charge on any atom is 0.123 e. The fourth-order valence-corrected chi connectivity index (χ4v) is 3.62. The Bertz CT molecular complexity index is 733. The molecule has 1 saturated heterocycles.